The van der Waals surface area contributed by atoms with Crippen LogP contribution in [0.1, 0.15) is 23.6 Å². The lowest BCUT2D eigenvalue weighted by molar-refractivity contribution is -0.384. The van der Waals surface area contributed by atoms with Gasteiger partial charge in [0, 0.05) is 12.1 Å². The van der Waals surface area contributed by atoms with Crippen LogP contribution in [0.5, 0.6) is 11.5 Å². The molecule has 4 aromatic carbocycles. The van der Waals surface area contributed by atoms with Gasteiger partial charge in [-0.05, 0) is 80.3 Å². The Bertz CT molecular complexity index is 1650. The fourth-order valence-corrected chi connectivity index (χ4v) is 5.75. The van der Waals surface area contributed by atoms with E-state index in [0.717, 1.165) is 33.0 Å². The zero-order valence-electron chi connectivity index (χ0n) is 21.3. The molecule has 0 unspecified atom stereocenters. The van der Waals surface area contributed by atoms with E-state index in [2.05, 4.69) is 34.1 Å². The monoisotopic (exact) mass is 618 g/mol. The number of non-ortho nitro benzene ring substituents is 1. The third kappa shape index (κ3) is 5.88. The fraction of sp³-hybridized carbons (Fsp3) is 0.133. The Labute approximate surface area is 242 Å². The first kappa shape index (κ1) is 27.4. The van der Waals surface area contributed by atoms with Crippen molar-refractivity contribution < 1.29 is 24.0 Å². The number of nitro groups is 1. The first-order valence-corrected chi connectivity index (χ1v) is 14.0. The minimum atomic E-state index is -0.499. The second-order valence-electron chi connectivity index (χ2n) is 8.88. The summed E-state index contributed by atoms with van der Waals surface area (Å²) in [7, 11) is 0. The van der Waals surface area contributed by atoms with E-state index in [0.29, 0.717) is 40.3 Å². The number of thioether (sulfide) groups is 1. The summed E-state index contributed by atoms with van der Waals surface area (Å²) in [6.07, 6.45) is 1.64. The number of nitro benzene ring substituents is 1. The normalized spacial score (nSPS) is 14.2. The number of nitrogens with zero attached hydrogens (tertiary/aromatic N) is 2. The zero-order valence-corrected chi connectivity index (χ0v) is 23.7. The minimum Gasteiger partial charge on any atom is -0.490 e. The van der Waals surface area contributed by atoms with Crippen molar-refractivity contribution >= 4 is 61.4 Å². The molecule has 0 radical (unpaired) electrons. The van der Waals surface area contributed by atoms with Gasteiger partial charge in [-0.3, -0.25) is 24.6 Å². The molecule has 202 valence electrons. The second-order valence-corrected chi connectivity index (χ2v) is 10.7. The van der Waals surface area contributed by atoms with E-state index in [1.54, 1.807) is 12.1 Å². The van der Waals surface area contributed by atoms with Gasteiger partial charge in [0.2, 0.25) is 0 Å². The van der Waals surface area contributed by atoms with Crippen molar-refractivity contribution in [3.05, 3.63) is 115 Å². The van der Waals surface area contributed by atoms with E-state index in [1.807, 2.05) is 37.3 Å². The van der Waals surface area contributed by atoms with Crippen LogP contribution in [0.4, 0.5) is 10.5 Å². The van der Waals surface area contributed by atoms with Crippen molar-refractivity contribution in [3.8, 4) is 11.5 Å². The number of fused-ring (bicyclic) bond motifs is 1. The van der Waals surface area contributed by atoms with Gasteiger partial charge in [-0.2, -0.15) is 0 Å². The lowest BCUT2D eigenvalue weighted by Crippen LogP contribution is -2.27. The van der Waals surface area contributed by atoms with Crippen molar-refractivity contribution in [2.45, 2.75) is 20.1 Å². The largest absolute Gasteiger partial charge is 0.490 e. The van der Waals surface area contributed by atoms with Crippen molar-refractivity contribution in [3.63, 3.8) is 0 Å². The molecule has 0 saturated carbocycles. The summed E-state index contributed by atoms with van der Waals surface area (Å²) in [5, 5.41) is 12.7. The Balaban J connectivity index is 1.36. The van der Waals surface area contributed by atoms with E-state index in [9.17, 15) is 19.7 Å². The van der Waals surface area contributed by atoms with Gasteiger partial charge < -0.3 is 9.47 Å². The SMILES string of the molecule is CCOc1cc(/C=C2\SC(=O)N(Cc3ccc([N+](=O)[O-])cc3)C2=O)cc(Br)c1OCc1cccc2ccccc12. The topological polar surface area (TPSA) is 99.0 Å². The van der Waals surface area contributed by atoms with Gasteiger partial charge in [0.1, 0.15) is 6.61 Å². The fourth-order valence-electron chi connectivity index (χ4n) is 4.34. The molecule has 1 aliphatic rings. The third-order valence-electron chi connectivity index (χ3n) is 6.24. The maximum Gasteiger partial charge on any atom is 0.293 e. The number of hydrogen-bond donors (Lipinski definition) is 0. The Morgan fingerprint density at radius 1 is 1.00 bits per heavy atom. The summed E-state index contributed by atoms with van der Waals surface area (Å²) in [6, 6.07) is 23.5. The molecular weight excluding hydrogens is 596 g/mol. The summed E-state index contributed by atoms with van der Waals surface area (Å²) in [5.41, 5.74) is 2.26. The van der Waals surface area contributed by atoms with Gasteiger partial charge in [0.25, 0.3) is 16.8 Å². The van der Waals surface area contributed by atoms with Crippen molar-refractivity contribution in [1.29, 1.82) is 0 Å². The molecule has 10 heteroatoms. The number of benzene rings is 4. The number of amides is 2. The molecule has 1 saturated heterocycles. The molecule has 1 aliphatic heterocycles. The van der Waals surface area contributed by atoms with Gasteiger partial charge in [0.15, 0.2) is 11.5 Å². The maximum atomic E-state index is 13.1. The molecule has 1 heterocycles. The van der Waals surface area contributed by atoms with Crippen molar-refractivity contribution in [1.82, 2.24) is 4.90 Å². The van der Waals surface area contributed by atoms with Crippen LogP contribution in [0.3, 0.4) is 0 Å². The summed E-state index contributed by atoms with van der Waals surface area (Å²) < 4.78 is 12.7. The van der Waals surface area contributed by atoms with Crippen molar-refractivity contribution in [2.24, 2.45) is 0 Å². The van der Waals surface area contributed by atoms with Crippen LogP contribution < -0.4 is 9.47 Å². The molecule has 40 heavy (non-hydrogen) atoms. The van der Waals surface area contributed by atoms with Crippen molar-refractivity contribution in [2.75, 3.05) is 6.61 Å². The van der Waals surface area contributed by atoms with E-state index in [-0.39, 0.29) is 17.1 Å². The quantitative estimate of drug-likeness (QED) is 0.107. The number of imide groups is 1. The Morgan fingerprint density at radius 2 is 1.75 bits per heavy atom. The molecule has 0 aromatic heterocycles. The lowest BCUT2D eigenvalue weighted by atomic mass is 10.1. The van der Waals surface area contributed by atoms with E-state index >= 15 is 0 Å². The summed E-state index contributed by atoms with van der Waals surface area (Å²) in [5.74, 6) is 0.616. The molecule has 8 nitrogen and oxygen atoms in total. The smallest absolute Gasteiger partial charge is 0.293 e. The molecular formula is C30H23BrN2O6S. The van der Waals surface area contributed by atoms with E-state index < -0.39 is 16.1 Å². The highest BCUT2D eigenvalue weighted by Gasteiger charge is 2.35. The number of ether oxygens (including phenoxy) is 2. The van der Waals surface area contributed by atoms with E-state index in [4.69, 9.17) is 9.47 Å². The molecule has 5 rings (SSSR count). The highest BCUT2D eigenvalue weighted by molar-refractivity contribution is 9.10. The zero-order chi connectivity index (χ0) is 28.2. The third-order valence-corrected chi connectivity index (χ3v) is 7.74. The minimum absolute atomic E-state index is 0.0227. The van der Waals surface area contributed by atoms with Crippen LogP contribution >= 0.6 is 27.7 Å². The first-order valence-electron chi connectivity index (χ1n) is 12.4. The van der Waals surface area contributed by atoms with Gasteiger partial charge in [-0.15, -0.1) is 0 Å². The van der Waals surface area contributed by atoms with Crippen LogP contribution in [0.15, 0.2) is 88.2 Å². The van der Waals surface area contributed by atoms with Crippen LogP contribution in [-0.4, -0.2) is 27.6 Å². The number of rotatable bonds is 9. The Hall–Kier alpha value is -4.15. The average molecular weight is 619 g/mol. The average Bonchev–Trinajstić information content (AvgIpc) is 3.20. The van der Waals surface area contributed by atoms with Gasteiger partial charge in [-0.1, -0.05) is 54.6 Å². The first-order chi connectivity index (χ1) is 19.3. The van der Waals surface area contributed by atoms with Gasteiger partial charge >= 0.3 is 0 Å². The summed E-state index contributed by atoms with van der Waals surface area (Å²) in [6.45, 7) is 2.64. The number of hydrogen-bond acceptors (Lipinski definition) is 7. The summed E-state index contributed by atoms with van der Waals surface area (Å²) >= 11 is 4.43. The highest BCUT2D eigenvalue weighted by atomic mass is 79.9. The highest BCUT2D eigenvalue weighted by Crippen LogP contribution is 2.40. The Morgan fingerprint density at radius 3 is 2.50 bits per heavy atom. The van der Waals surface area contributed by atoms with Crippen LogP contribution in [0.2, 0.25) is 0 Å². The standard InChI is InChI=1S/C30H23BrN2O6S/c1-2-38-26-15-20(14-25(31)28(26)39-18-22-8-5-7-21-6-3-4-9-24(21)22)16-27-29(34)32(30(35)40-27)17-19-10-12-23(13-11-19)33(36)37/h3-16H,2,17-18H2,1H3/b27-16-. The number of carbonyl (C=O) groups is 2. The summed E-state index contributed by atoms with van der Waals surface area (Å²) in [4.78, 5) is 37.5. The molecule has 0 spiro atoms. The van der Waals surface area contributed by atoms with Gasteiger partial charge in [0.05, 0.1) is 27.5 Å². The predicted molar refractivity (Wildman–Crippen MR) is 158 cm³/mol. The lowest BCUT2D eigenvalue weighted by Gasteiger charge is -2.16. The maximum absolute atomic E-state index is 13.1. The van der Waals surface area contributed by atoms with Crippen LogP contribution in [-0.2, 0) is 17.9 Å². The molecule has 0 atom stereocenters. The number of halogens is 1. The van der Waals surface area contributed by atoms with Crippen LogP contribution in [0, 0.1) is 10.1 Å². The molecule has 0 N–H and O–H groups in total. The Kier molecular flexibility index (Phi) is 8.18. The second kappa shape index (κ2) is 11.9. The van der Waals surface area contributed by atoms with Crippen LogP contribution in [0.25, 0.3) is 16.8 Å². The predicted octanol–water partition coefficient (Wildman–Crippen LogP) is 7.72. The van der Waals surface area contributed by atoms with Gasteiger partial charge in [-0.25, -0.2) is 0 Å². The molecule has 2 amide bonds. The molecule has 1 fully saturated rings. The number of carbonyl (C=O) groups excluding carboxylic acids is 2. The molecule has 0 aliphatic carbocycles. The molecule has 4 aromatic rings. The van der Waals surface area contributed by atoms with E-state index in [1.165, 1.54) is 24.3 Å². The molecule has 0 bridgehead atoms.